The quantitative estimate of drug-likeness (QED) is 0.667. The highest BCUT2D eigenvalue weighted by Crippen LogP contribution is 2.37. The first kappa shape index (κ1) is 19.1. The molecule has 0 aliphatic carbocycles. The minimum absolute atomic E-state index is 0.00569. The Labute approximate surface area is 146 Å². The van der Waals surface area contributed by atoms with Crippen molar-refractivity contribution in [3.05, 3.63) is 53.9 Å². The number of hydrogen-bond acceptors (Lipinski definition) is 1. The third kappa shape index (κ3) is 4.44. The van der Waals surface area contributed by atoms with E-state index in [1.807, 2.05) is 20.8 Å². The van der Waals surface area contributed by atoms with Crippen LogP contribution in [0.1, 0.15) is 49.0 Å². The molecule has 0 aliphatic heterocycles. The number of halogens is 3. The number of rotatable bonds is 5. The smallest absolute Gasteiger partial charge is 0.356 e. The van der Waals surface area contributed by atoms with Gasteiger partial charge in [0.25, 0.3) is 5.91 Å². The number of aromatic nitrogens is 1. The van der Waals surface area contributed by atoms with Crippen molar-refractivity contribution >= 4 is 11.6 Å². The van der Waals surface area contributed by atoms with Crippen molar-refractivity contribution in [3.8, 4) is 0 Å². The zero-order chi connectivity index (χ0) is 18.8. The summed E-state index contributed by atoms with van der Waals surface area (Å²) in [5.74, 6) is -0.825. The van der Waals surface area contributed by atoms with E-state index in [9.17, 15) is 18.0 Å². The molecule has 0 fully saturated rings. The van der Waals surface area contributed by atoms with E-state index < -0.39 is 12.2 Å². The lowest BCUT2D eigenvalue weighted by Gasteiger charge is -2.29. The number of benzene rings is 1. The van der Waals surface area contributed by atoms with Crippen molar-refractivity contribution < 1.29 is 18.0 Å². The molecule has 1 heterocycles. The van der Waals surface area contributed by atoms with Crippen molar-refractivity contribution in [1.82, 2.24) is 4.57 Å². The van der Waals surface area contributed by atoms with Crippen LogP contribution >= 0.6 is 0 Å². The largest absolute Gasteiger partial charge is 0.491 e. The normalized spacial score (nSPS) is 13.1. The Morgan fingerprint density at radius 2 is 1.80 bits per heavy atom. The molecule has 25 heavy (non-hydrogen) atoms. The van der Waals surface area contributed by atoms with Crippen LogP contribution in [0.2, 0.25) is 0 Å². The second kappa shape index (κ2) is 7.33. The summed E-state index contributed by atoms with van der Waals surface area (Å²) in [6.45, 7) is 5.94. The minimum Gasteiger partial charge on any atom is -0.356 e. The van der Waals surface area contributed by atoms with Gasteiger partial charge in [-0.15, -0.1) is 13.2 Å². The lowest BCUT2D eigenvalue weighted by atomic mass is 9.90. The summed E-state index contributed by atoms with van der Waals surface area (Å²) in [5, 5.41) is 0. The van der Waals surface area contributed by atoms with E-state index in [0.29, 0.717) is 11.5 Å². The highest BCUT2D eigenvalue weighted by molar-refractivity contribution is 6.06. The van der Waals surface area contributed by atoms with Crippen LogP contribution in [-0.4, -0.2) is 16.8 Å². The first-order chi connectivity index (χ1) is 11.6. The average molecular weight is 352 g/mol. The predicted molar refractivity (Wildman–Crippen MR) is 92.6 cm³/mol. The van der Waals surface area contributed by atoms with Gasteiger partial charge in [0.05, 0.1) is 11.3 Å². The van der Waals surface area contributed by atoms with Crippen LogP contribution in [0.15, 0.2) is 42.7 Å². The molecule has 2 aromatic rings. The standard InChI is InChI=1S/C19H23F3N2O/c1-13(2)11-14(3)16-7-5-6-8-17(16)24(19(20,21)22)18(25)15-9-10-23(4)12-15/h5-10,12-14H,11H2,1-4H3. The van der Waals surface area contributed by atoms with Gasteiger partial charge in [-0.25, -0.2) is 4.90 Å². The Bertz CT molecular complexity index is 734. The second-order valence-electron chi connectivity index (χ2n) is 6.76. The third-order valence-corrected chi connectivity index (χ3v) is 4.07. The Morgan fingerprint density at radius 1 is 1.16 bits per heavy atom. The average Bonchev–Trinajstić information content (AvgIpc) is 2.92. The molecular weight excluding hydrogens is 329 g/mol. The zero-order valence-corrected chi connectivity index (χ0v) is 14.8. The molecule has 6 heteroatoms. The summed E-state index contributed by atoms with van der Waals surface area (Å²) in [7, 11) is 1.66. The fourth-order valence-corrected chi connectivity index (χ4v) is 3.06. The summed E-state index contributed by atoms with van der Waals surface area (Å²) in [6.07, 6.45) is -1.13. The van der Waals surface area contributed by atoms with Crippen LogP contribution in [0.25, 0.3) is 0 Å². The number of nitrogens with zero attached hydrogens (tertiary/aromatic N) is 2. The number of carbonyl (C=O) groups is 1. The Morgan fingerprint density at radius 3 is 2.32 bits per heavy atom. The van der Waals surface area contributed by atoms with Gasteiger partial charge in [-0.2, -0.15) is 0 Å². The topological polar surface area (TPSA) is 25.2 Å². The van der Waals surface area contributed by atoms with Crippen molar-refractivity contribution in [2.75, 3.05) is 4.90 Å². The van der Waals surface area contributed by atoms with Gasteiger partial charge in [0.1, 0.15) is 0 Å². The zero-order valence-electron chi connectivity index (χ0n) is 14.8. The molecule has 0 spiro atoms. The van der Waals surface area contributed by atoms with Gasteiger partial charge in [0, 0.05) is 19.4 Å². The highest BCUT2D eigenvalue weighted by atomic mass is 19.4. The molecule has 136 valence electrons. The predicted octanol–water partition coefficient (Wildman–Crippen LogP) is 5.34. The molecule has 1 atom stereocenters. The van der Waals surface area contributed by atoms with Crippen molar-refractivity contribution in [3.63, 3.8) is 0 Å². The van der Waals surface area contributed by atoms with E-state index in [2.05, 4.69) is 0 Å². The molecule has 0 aliphatic rings. The Hall–Kier alpha value is -2.24. The third-order valence-electron chi connectivity index (χ3n) is 4.07. The molecule has 0 saturated carbocycles. The lowest BCUT2D eigenvalue weighted by molar-refractivity contribution is -0.122. The van der Waals surface area contributed by atoms with Gasteiger partial charge in [-0.1, -0.05) is 39.0 Å². The van der Waals surface area contributed by atoms with Crippen LogP contribution in [0, 0.1) is 5.92 Å². The number of anilines is 1. The summed E-state index contributed by atoms with van der Waals surface area (Å²) >= 11 is 0. The molecule has 0 N–H and O–H groups in total. The van der Waals surface area contributed by atoms with Crippen LogP contribution in [0.4, 0.5) is 18.9 Å². The van der Waals surface area contributed by atoms with Crippen molar-refractivity contribution in [1.29, 1.82) is 0 Å². The SMILES string of the molecule is CC(C)CC(C)c1ccccc1N(C(=O)c1ccn(C)c1)C(F)(F)F. The molecule has 0 radical (unpaired) electrons. The fourth-order valence-electron chi connectivity index (χ4n) is 3.06. The molecule has 1 aromatic heterocycles. The molecule has 1 aromatic carbocycles. The van der Waals surface area contributed by atoms with Gasteiger partial charge in [-0.05, 0) is 36.0 Å². The summed E-state index contributed by atoms with van der Waals surface area (Å²) < 4.78 is 42.8. The molecular formula is C19H23F3N2O. The summed E-state index contributed by atoms with van der Waals surface area (Å²) in [5.41, 5.74) is 0.431. The Kier molecular flexibility index (Phi) is 5.60. The number of carbonyl (C=O) groups excluding carboxylic acids is 1. The van der Waals surface area contributed by atoms with Crippen molar-refractivity contribution in [2.45, 2.75) is 39.4 Å². The number of hydrogen-bond donors (Lipinski definition) is 0. The van der Waals surface area contributed by atoms with Gasteiger partial charge in [0.2, 0.25) is 0 Å². The molecule has 2 rings (SSSR count). The van der Waals surface area contributed by atoms with E-state index >= 15 is 0 Å². The van der Waals surface area contributed by atoms with E-state index in [4.69, 9.17) is 0 Å². The first-order valence-corrected chi connectivity index (χ1v) is 8.23. The van der Waals surface area contributed by atoms with Crippen LogP contribution in [-0.2, 0) is 7.05 Å². The summed E-state index contributed by atoms with van der Waals surface area (Å²) in [6, 6.07) is 7.65. The van der Waals surface area contributed by atoms with E-state index in [-0.39, 0.29) is 22.1 Å². The molecule has 1 amide bonds. The fraction of sp³-hybridized carbons (Fsp3) is 0.421. The monoisotopic (exact) mass is 352 g/mol. The molecule has 3 nitrogen and oxygen atoms in total. The van der Waals surface area contributed by atoms with Crippen LogP contribution < -0.4 is 4.90 Å². The second-order valence-corrected chi connectivity index (χ2v) is 6.76. The van der Waals surface area contributed by atoms with Gasteiger partial charge >= 0.3 is 6.30 Å². The van der Waals surface area contributed by atoms with Gasteiger partial charge in [0.15, 0.2) is 0 Å². The minimum atomic E-state index is -4.80. The number of alkyl halides is 3. The molecule has 0 saturated heterocycles. The maximum absolute atomic E-state index is 13.8. The van der Waals surface area contributed by atoms with E-state index in [1.165, 1.54) is 24.4 Å². The first-order valence-electron chi connectivity index (χ1n) is 8.23. The maximum Gasteiger partial charge on any atom is 0.491 e. The van der Waals surface area contributed by atoms with Crippen molar-refractivity contribution in [2.24, 2.45) is 13.0 Å². The van der Waals surface area contributed by atoms with Crippen LogP contribution in [0.5, 0.6) is 0 Å². The van der Waals surface area contributed by atoms with E-state index in [0.717, 1.165) is 6.42 Å². The molecule has 0 bridgehead atoms. The number of para-hydroxylation sites is 1. The maximum atomic E-state index is 13.8. The Balaban J connectivity index is 2.51. The van der Waals surface area contributed by atoms with Gasteiger partial charge < -0.3 is 4.57 Å². The van der Waals surface area contributed by atoms with Crippen LogP contribution in [0.3, 0.4) is 0 Å². The van der Waals surface area contributed by atoms with E-state index in [1.54, 1.807) is 29.9 Å². The molecule has 1 unspecified atom stereocenters. The number of amides is 1. The van der Waals surface area contributed by atoms with Gasteiger partial charge in [-0.3, -0.25) is 4.79 Å². The summed E-state index contributed by atoms with van der Waals surface area (Å²) in [4.78, 5) is 12.5. The lowest BCUT2D eigenvalue weighted by Crippen LogP contribution is -2.43. The number of aryl methyl sites for hydroxylation is 1. The highest BCUT2D eigenvalue weighted by Gasteiger charge is 2.44.